The molecule has 2 rings (SSSR count). The standard InChI is InChI=1S/C18H21ClO/c1-2-3-5-14-8-10-16(11-9-14)18(20)13-15-6-4-7-17(19)12-15/h4,6-12,18,20H,2-3,5,13H2,1H3. The van der Waals surface area contributed by atoms with Crippen LogP contribution in [0.1, 0.15) is 42.6 Å². The van der Waals surface area contributed by atoms with E-state index in [1.165, 1.54) is 18.4 Å². The van der Waals surface area contributed by atoms with Gasteiger partial charge in [0, 0.05) is 11.4 Å². The van der Waals surface area contributed by atoms with E-state index >= 15 is 0 Å². The molecule has 0 aliphatic heterocycles. The maximum atomic E-state index is 10.3. The molecule has 0 aliphatic rings. The van der Waals surface area contributed by atoms with Crippen molar-refractivity contribution in [1.82, 2.24) is 0 Å². The highest BCUT2D eigenvalue weighted by Gasteiger charge is 2.08. The summed E-state index contributed by atoms with van der Waals surface area (Å²) < 4.78 is 0. The molecule has 0 spiro atoms. The maximum absolute atomic E-state index is 10.3. The molecule has 0 amide bonds. The van der Waals surface area contributed by atoms with Gasteiger partial charge in [0.05, 0.1) is 6.10 Å². The highest BCUT2D eigenvalue weighted by Crippen LogP contribution is 2.21. The highest BCUT2D eigenvalue weighted by molar-refractivity contribution is 6.30. The summed E-state index contributed by atoms with van der Waals surface area (Å²) in [4.78, 5) is 0. The van der Waals surface area contributed by atoms with Crippen molar-refractivity contribution in [3.8, 4) is 0 Å². The fraction of sp³-hybridized carbons (Fsp3) is 0.333. The van der Waals surface area contributed by atoms with Gasteiger partial charge in [-0.1, -0.05) is 61.3 Å². The Morgan fingerprint density at radius 3 is 2.45 bits per heavy atom. The third-order valence-electron chi connectivity index (χ3n) is 3.50. The number of rotatable bonds is 6. The Morgan fingerprint density at radius 1 is 1.05 bits per heavy atom. The van der Waals surface area contributed by atoms with E-state index in [-0.39, 0.29) is 0 Å². The lowest BCUT2D eigenvalue weighted by Crippen LogP contribution is -2.02. The van der Waals surface area contributed by atoms with Gasteiger partial charge in [-0.05, 0) is 41.7 Å². The molecule has 1 nitrogen and oxygen atoms in total. The summed E-state index contributed by atoms with van der Waals surface area (Å²) in [6, 6.07) is 15.9. The van der Waals surface area contributed by atoms with Crippen LogP contribution in [-0.4, -0.2) is 5.11 Å². The summed E-state index contributed by atoms with van der Waals surface area (Å²) in [6.07, 6.45) is 3.65. The van der Waals surface area contributed by atoms with Crippen LogP contribution in [0, 0.1) is 0 Å². The predicted molar refractivity (Wildman–Crippen MR) is 85.2 cm³/mol. The number of hydrogen-bond donors (Lipinski definition) is 1. The van der Waals surface area contributed by atoms with Gasteiger partial charge in [-0.25, -0.2) is 0 Å². The molecule has 2 aromatic carbocycles. The molecule has 0 fully saturated rings. The van der Waals surface area contributed by atoms with Crippen molar-refractivity contribution in [1.29, 1.82) is 0 Å². The monoisotopic (exact) mass is 288 g/mol. The minimum absolute atomic E-state index is 0.478. The second kappa shape index (κ2) is 7.47. The Labute approximate surface area is 126 Å². The molecule has 1 unspecified atom stereocenters. The first-order chi connectivity index (χ1) is 9.69. The van der Waals surface area contributed by atoms with E-state index < -0.39 is 6.10 Å². The Morgan fingerprint density at radius 2 is 1.80 bits per heavy atom. The third kappa shape index (κ3) is 4.36. The number of benzene rings is 2. The van der Waals surface area contributed by atoms with Crippen molar-refractivity contribution in [3.05, 3.63) is 70.2 Å². The smallest absolute Gasteiger partial charge is 0.0830 e. The van der Waals surface area contributed by atoms with Crippen molar-refractivity contribution >= 4 is 11.6 Å². The van der Waals surface area contributed by atoms with E-state index in [2.05, 4.69) is 19.1 Å². The van der Waals surface area contributed by atoms with E-state index in [0.29, 0.717) is 11.4 Å². The Balaban J connectivity index is 2.00. The molecule has 1 N–H and O–H groups in total. The largest absolute Gasteiger partial charge is 0.388 e. The van der Waals surface area contributed by atoms with Crippen molar-refractivity contribution in [3.63, 3.8) is 0 Å². The van der Waals surface area contributed by atoms with Crippen LogP contribution in [0.25, 0.3) is 0 Å². The van der Waals surface area contributed by atoms with Gasteiger partial charge < -0.3 is 5.11 Å². The third-order valence-corrected chi connectivity index (χ3v) is 3.74. The van der Waals surface area contributed by atoms with Crippen molar-refractivity contribution in [2.45, 2.75) is 38.7 Å². The lowest BCUT2D eigenvalue weighted by Gasteiger charge is -2.12. The molecular weight excluding hydrogens is 268 g/mol. The van der Waals surface area contributed by atoms with E-state index in [4.69, 9.17) is 11.6 Å². The van der Waals surface area contributed by atoms with Gasteiger partial charge in [0.15, 0.2) is 0 Å². The van der Waals surface area contributed by atoms with Crippen LogP contribution < -0.4 is 0 Å². The Bertz CT molecular complexity index is 533. The van der Waals surface area contributed by atoms with Crippen LogP contribution in [0.3, 0.4) is 0 Å². The highest BCUT2D eigenvalue weighted by atomic mass is 35.5. The fourth-order valence-corrected chi connectivity index (χ4v) is 2.51. The van der Waals surface area contributed by atoms with Gasteiger partial charge in [0.1, 0.15) is 0 Å². The fourth-order valence-electron chi connectivity index (χ4n) is 2.29. The van der Waals surface area contributed by atoms with Gasteiger partial charge in [-0.15, -0.1) is 0 Å². The molecule has 1 atom stereocenters. The zero-order valence-corrected chi connectivity index (χ0v) is 12.6. The van der Waals surface area contributed by atoms with E-state index in [9.17, 15) is 5.11 Å². The van der Waals surface area contributed by atoms with Crippen LogP contribution in [0.4, 0.5) is 0 Å². The lowest BCUT2D eigenvalue weighted by molar-refractivity contribution is 0.178. The predicted octanol–water partition coefficient (Wildman–Crippen LogP) is 4.96. The molecule has 0 heterocycles. The summed E-state index contributed by atoms with van der Waals surface area (Å²) in [6.45, 7) is 2.20. The second-order valence-electron chi connectivity index (χ2n) is 5.19. The quantitative estimate of drug-likeness (QED) is 0.796. The molecule has 0 radical (unpaired) electrons. The van der Waals surface area contributed by atoms with Crippen LogP contribution in [0.15, 0.2) is 48.5 Å². The summed E-state index contributed by atoms with van der Waals surface area (Å²) in [5.74, 6) is 0. The van der Waals surface area contributed by atoms with Crippen LogP contribution >= 0.6 is 11.6 Å². The number of aliphatic hydroxyl groups excluding tert-OH is 1. The summed E-state index contributed by atoms with van der Waals surface area (Å²) in [5, 5.41) is 11.0. The summed E-state index contributed by atoms with van der Waals surface area (Å²) in [5.41, 5.74) is 3.36. The van der Waals surface area contributed by atoms with E-state index in [1.54, 1.807) is 0 Å². The Hall–Kier alpha value is -1.31. The van der Waals surface area contributed by atoms with Crippen molar-refractivity contribution in [2.75, 3.05) is 0 Å². The first-order valence-corrected chi connectivity index (χ1v) is 7.58. The van der Waals surface area contributed by atoms with Crippen LogP contribution in [0.5, 0.6) is 0 Å². The topological polar surface area (TPSA) is 20.2 Å². The Kier molecular flexibility index (Phi) is 5.63. The van der Waals surface area contributed by atoms with E-state index in [1.807, 2.05) is 36.4 Å². The molecule has 20 heavy (non-hydrogen) atoms. The molecular formula is C18H21ClO. The van der Waals surface area contributed by atoms with Gasteiger partial charge in [0.2, 0.25) is 0 Å². The minimum atomic E-state index is -0.478. The number of halogens is 1. The average molecular weight is 289 g/mol. The molecule has 0 bridgehead atoms. The molecule has 0 saturated heterocycles. The van der Waals surface area contributed by atoms with E-state index in [0.717, 1.165) is 17.5 Å². The molecule has 2 aromatic rings. The lowest BCUT2D eigenvalue weighted by atomic mass is 9.99. The first kappa shape index (κ1) is 15.1. The first-order valence-electron chi connectivity index (χ1n) is 7.20. The van der Waals surface area contributed by atoms with Gasteiger partial charge in [-0.3, -0.25) is 0 Å². The summed E-state index contributed by atoms with van der Waals surface area (Å²) >= 11 is 5.96. The van der Waals surface area contributed by atoms with Crippen molar-refractivity contribution in [2.24, 2.45) is 0 Å². The second-order valence-corrected chi connectivity index (χ2v) is 5.63. The average Bonchev–Trinajstić information content (AvgIpc) is 2.45. The van der Waals surface area contributed by atoms with Gasteiger partial charge >= 0.3 is 0 Å². The van der Waals surface area contributed by atoms with Gasteiger partial charge in [0.25, 0.3) is 0 Å². The van der Waals surface area contributed by atoms with Crippen LogP contribution in [0.2, 0.25) is 5.02 Å². The molecule has 0 saturated carbocycles. The number of hydrogen-bond acceptors (Lipinski definition) is 1. The van der Waals surface area contributed by atoms with Crippen molar-refractivity contribution < 1.29 is 5.11 Å². The molecule has 0 aliphatic carbocycles. The summed E-state index contributed by atoms with van der Waals surface area (Å²) in [7, 11) is 0. The minimum Gasteiger partial charge on any atom is -0.388 e. The molecule has 106 valence electrons. The number of aryl methyl sites for hydroxylation is 1. The SMILES string of the molecule is CCCCc1ccc(C(O)Cc2cccc(Cl)c2)cc1. The number of unbranched alkanes of at least 4 members (excludes halogenated alkanes) is 1. The normalized spacial score (nSPS) is 12.3. The number of aliphatic hydroxyl groups is 1. The zero-order valence-electron chi connectivity index (χ0n) is 11.8. The molecule has 0 aromatic heterocycles. The van der Waals surface area contributed by atoms with Gasteiger partial charge in [-0.2, -0.15) is 0 Å². The maximum Gasteiger partial charge on any atom is 0.0830 e. The zero-order chi connectivity index (χ0) is 14.4. The van der Waals surface area contributed by atoms with Crippen LogP contribution in [-0.2, 0) is 12.8 Å². The molecule has 2 heteroatoms.